The van der Waals surface area contributed by atoms with Crippen LogP contribution in [-0.2, 0) is 26.3 Å². The summed E-state index contributed by atoms with van der Waals surface area (Å²) in [5.74, 6) is -0.0681. The van der Waals surface area contributed by atoms with Crippen molar-refractivity contribution >= 4 is 29.2 Å². The van der Waals surface area contributed by atoms with Crippen molar-refractivity contribution in [2.24, 2.45) is 5.92 Å². The molecule has 2 aromatic heterocycles. The highest BCUT2D eigenvalue weighted by Crippen LogP contribution is 2.44. The van der Waals surface area contributed by atoms with E-state index in [1.807, 2.05) is 6.92 Å². The van der Waals surface area contributed by atoms with Gasteiger partial charge in [0.15, 0.2) is 0 Å². The molecule has 0 radical (unpaired) electrons. The number of anilines is 2. The van der Waals surface area contributed by atoms with E-state index in [1.54, 1.807) is 12.3 Å². The predicted molar refractivity (Wildman–Crippen MR) is 133 cm³/mol. The highest BCUT2D eigenvalue weighted by atomic mass is 16.5. The standard InChI is InChI=1S/C25H35N7O4/c1-4-6-16(3)7-8-18(28-23(34)20-15-27-31-32(20)5-2)22(33)30-21-13-19-17(14-26-21)25(24(35)29-19)9-11-36-12-10-25/h13-16,18H,4-12H2,1-3H3,(H,28,34)(H,29,35)(H,26,30,33)/t16-,18-/m0/s1. The molecule has 2 aromatic rings. The number of rotatable bonds is 10. The van der Waals surface area contributed by atoms with Crippen LogP contribution in [0.3, 0.4) is 0 Å². The minimum Gasteiger partial charge on any atom is -0.381 e. The third-order valence-corrected chi connectivity index (χ3v) is 7.20. The van der Waals surface area contributed by atoms with Gasteiger partial charge < -0.3 is 20.7 Å². The molecule has 0 bridgehead atoms. The zero-order chi connectivity index (χ0) is 25.7. The number of ether oxygens (including phenoxy) is 1. The zero-order valence-corrected chi connectivity index (χ0v) is 21.2. The summed E-state index contributed by atoms with van der Waals surface area (Å²) in [5, 5.41) is 16.3. The number of aromatic nitrogens is 4. The predicted octanol–water partition coefficient (Wildman–Crippen LogP) is 2.65. The average molecular weight is 498 g/mol. The van der Waals surface area contributed by atoms with Crippen molar-refractivity contribution in [3.05, 3.63) is 29.7 Å². The fourth-order valence-electron chi connectivity index (χ4n) is 5.06. The molecule has 11 nitrogen and oxygen atoms in total. The molecule has 36 heavy (non-hydrogen) atoms. The summed E-state index contributed by atoms with van der Waals surface area (Å²) >= 11 is 0. The Bertz CT molecular complexity index is 1110. The van der Waals surface area contributed by atoms with Gasteiger partial charge >= 0.3 is 0 Å². The second-order valence-electron chi connectivity index (χ2n) is 9.69. The van der Waals surface area contributed by atoms with Gasteiger partial charge in [0.25, 0.3) is 5.91 Å². The van der Waals surface area contributed by atoms with E-state index in [4.69, 9.17) is 4.74 Å². The number of fused-ring (bicyclic) bond motifs is 2. The van der Waals surface area contributed by atoms with Crippen molar-refractivity contribution in [3.63, 3.8) is 0 Å². The first-order valence-corrected chi connectivity index (χ1v) is 12.8. The van der Waals surface area contributed by atoms with Crippen LogP contribution >= 0.6 is 0 Å². The number of pyridine rings is 1. The van der Waals surface area contributed by atoms with Gasteiger partial charge in [-0.2, -0.15) is 0 Å². The maximum absolute atomic E-state index is 13.3. The summed E-state index contributed by atoms with van der Waals surface area (Å²) in [6, 6.07) is 0.924. The van der Waals surface area contributed by atoms with E-state index >= 15 is 0 Å². The summed E-state index contributed by atoms with van der Waals surface area (Å²) in [6.45, 7) is 7.68. The van der Waals surface area contributed by atoms with E-state index in [-0.39, 0.29) is 11.8 Å². The van der Waals surface area contributed by atoms with Crippen molar-refractivity contribution in [1.29, 1.82) is 0 Å². The van der Waals surface area contributed by atoms with Gasteiger partial charge in [-0.1, -0.05) is 31.9 Å². The lowest BCUT2D eigenvalue weighted by atomic mass is 9.76. The summed E-state index contributed by atoms with van der Waals surface area (Å²) in [6.07, 6.45) is 7.64. The Balaban J connectivity index is 1.49. The number of hydrogen-bond acceptors (Lipinski definition) is 7. The zero-order valence-electron chi connectivity index (χ0n) is 21.2. The number of nitrogens with zero attached hydrogens (tertiary/aromatic N) is 4. The second kappa shape index (κ2) is 11.2. The van der Waals surface area contributed by atoms with Gasteiger partial charge in [-0.15, -0.1) is 5.10 Å². The van der Waals surface area contributed by atoms with Crippen LogP contribution in [0.2, 0.25) is 0 Å². The molecule has 2 atom stereocenters. The van der Waals surface area contributed by atoms with Crippen LogP contribution in [0.5, 0.6) is 0 Å². The summed E-state index contributed by atoms with van der Waals surface area (Å²) in [5.41, 5.74) is 1.18. The number of hydrogen-bond donors (Lipinski definition) is 3. The van der Waals surface area contributed by atoms with E-state index in [2.05, 4.69) is 45.1 Å². The lowest BCUT2D eigenvalue weighted by Gasteiger charge is -2.31. The SMILES string of the molecule is CCC[C@H](C)CC[C@H](NC(=O)c1cnnn1CC)C(=O)Nc1cc2c(cn1)C1(CCOCC1)C(=O)N2. The Kier molecular flexibility index (Phi) is 7.97. The Morgan fingerprint density at radius 3 is 2.69 bits per heavy atom. The number of amides is 3. The summed E-state index contributed by atoms with van der Waals surface area (Å²) < 4.78 is 6.94. The smallest absolute Gasteiger partial charge is 0.271 e. The molecule has 11 heteroatoms. The van der Waals surface area contributed by atoms with Crippen LogP contribution < -0.4 is 16.0 Å². The molecule has 3 N–H and O–H groups in total. The van der Waals surface area contributed by atoms with Crippen molar-refractivity contribution in [2.45, 2.75) is 77.3 Å². The lowest BCUT2D eigenvalue weighted by molar-refractivity contribution is -0.124. The largest absolute Gasteiger partial charge is 0.381 e. The second-order valence-corrected chi connectivity index (χ2v) is 9.69. The fourth-order valence-corrected chi connectivity index (χ4v) is 5.06. The van der Waals surface area contributed by atoms with E-state index in [9.17, 15) is 14.4 Å². The third kappa shape index (κ3) is 5.25. The molecule has 0 unspecified atom stereocenters. The first-order valence-electron chi connectivity index (χ1n) is 12.8. The Morgan fingerprint density at radius 2 is 1.97 bits per heavy atom. The van der Waals surface area contributed by atoms with Gasteiger partial charge in [-0.05, 0) is 38.5 Å². The van der Waals surface area contributed by atoms with Crippen molar-refractivity contribution < 1.29 is 19.1 Å². The first-order chi connectivity index (χ1) is 17.4. The topological polar surface area (TPSA) is 140 Å². The van der Waals surface area contributed by atoms with Crippen molar-refractivity contribution in [3.8, 4) is 0 Å². The molecule has 4 rings (SSSR count). The highest BCUT2D eigenvalue weighted by Gasteiger charge is 2.48. The van der Waals surface area contributed by atoms with E-state index in [0.717, 1.165) is 24.8 Å². The lowest BCUT2D eigenvalue weighted by Crippen LogP contribution is -2.44. The first kappa shape index (κ1) is 25.7. The number of carbonyl (C=O) groups excluding carboxylic acids is 3. The normalized spacial score (nSPS) is 17.8. The van der Waals surface area contributed by atoms with Crippen LogP contribution in [0.1, 0.15) is 75.3 Å². The number of carbonyl (C=O) groups is 3. The summed E-state index contributed by atoms with van der Waals surface area (Å²) in [7, 11) is 0. The van der Waals surface area contributed by atoms with Gasteiger partial charge in [0.2, 0.25) is 11.8 Å². The van der Waals surface area contributed by atoms with Crippen LogP contribution in [0, 0.1) is 5.92 Å². The van der Waals surface area contributed by atoms with Crippen LogP contribution in [0.15, 0.2) is 18.5 Å². The Morgan fingerprint density at radius 1 is 1.19 bits per heavy atom. The molecule has 1 saturated heterocycles. The van der Waals surface area contributed by atoms with Crippen LogP contribution in [-0.4, -0.2) is 57.0 Å². The average Bonchev–Trinajstić information content (AvgIpc) is 3.45. The molecule has 0 aliphatic carbocycles. The molecule has 2 aliphatic heterocycles. The molecule has 2 aliphatic rings. The third-order valence-electron chi connectivity index (χ3n) is 7.20. The molecular formula is C25H35N7O4. The molecule has 3 amide bonds. The quantitative estimate of drug-likeness (QED) is 0.458. The fraction of sp³-hybridized carbons (Fsp3) is 0.600. The Hall–Kier alpha value is -3.34. The monoisotopic (exact) mass is 497 g/mol. The number of nitrogens with one attached hydrogen (secondary N) is 3. The summed E-state index contributed by atoms with van der Waals surface area (Å²) in [4.78, 5) is 43.4. The van der Waals surface area contributed by atoms with Crippen molar-refractivity contribution in [1.82, 2.24) is 25.3 Å². The molecule has 4 heterocycles. The minimum atomic E-state index is -0.761. The molecular weight excluding hydrogens is 462 g/mol. The maximum atomic E-state index is 13.3. The van der Waals surface area contributed by atoms with Gasteiger partial charge in [0, 0.05) is 37.6 Å². The molecule has 1 spiro atoms. The highest BCUT2D eigenvalue weighted by molar-refractivity contribution is 6.07. The van der Waals surface area contributed by atoms with Gasteiger partial charge in [0.1, 0.15) is 17.6 Å². The number of aryl methyl sites for hydroxylation is 1. The van der Waals surface area contributed by atoms with E-state index in [0.29, 0.717) is 62.1 Å². The van der Waals surface area contributed by atoms with Gasteiger partial charge in [0.05, 0.1) is 17.3 Å². The van der Waals surface area contributed by atoms with E-state index in [1.165, 1.54) is 10.9 Å². The molecule has 0 aromatic carbocycles. The van der Waals surface area contributed by atoms with E-state index < -0.39 is 17.4 Å². The molecule has 0 saturated carbocycles. The van der Waals surface area contributed by atoms with Gasteiger partial charge in [-0.3, -0.25) is 14.4 Å². The molecule has 194 valence electrons. The van der Waals surface area contributed by atoms with Crippen LogP contribution in [0.25, 0.3) is 0 Å². The van der Waals surface area contributed by atoms with Gasteiger partial charge in [-0.25, -0.2) is 9.67 Å². The van der Waals surface area contributed by atoms with Crippen LogP contribution in [0.4, 0.5) is 11.5 Å². The maximum Gasteiger partial charge on any atom is 0.271 e. The Labute approximate surface area is 210 Å². The van der Waals surface area contributed by atoms with Crippen molar-refractivity contribution in [2.75, 3.05) is 23.8 Å². The minimum absolute atomic E-state index is 0.0535. The molecule has 1 fully saturated rings.